The molecule has 0 saturated heterocycles. The second-order valence-electron chi connectivity index (χ2n) is 4.63. The summed E-state index contributed by atoms with van der Waals surface area (Å²) in [5, 5.41) is 0.970. The van der Waals surface area contributed by atoms with Crippen LogP contribution in [0.3, 0.4) is 0 Å². The van der Waals surface area contributed by atoms with E-state index in [2.05, 4.69) is 43.5 Å². The van der Waals surface area contributed by atoms with E-state index >= 15 is 0 Å². The first kappa shape index (κ1) is 17.0. The minimum Gasteiger partial charge on any atom is -0.402 e. The minimum absolute atomic E-state index is 0.193. The van der Waals surface area contributed by atoms with Gasteiger partial charge >= 0.3 is 5.97 Å². The predicted octanol–water partition coefficient (Wildman–Crippen LogP) is 5.71. The predicted molar refractivity (Wildman–Crippen MR) is 104 cm³/mol. The highest BCUT2D eigenvalue weighted by Crippen LogP contribution is 2.27. The van der Waals surface area contributed by atoms with Gasteiger partial charge in [0.15, 0.2) is 5.70 Å². The largest absolute Gasteiger partial charge is 0.402 e. The molecule has 1 aliphatic heterocycles. The number of cyclic esters (lactones) is 1. The molecule has 0 bridgehead atoms. The fourth-order valence-electron chi connectivity index (χ4n) is 1.93. The zero-order valence-corrected chi connectivity index (χ0v) is 16.6. The van der Waals surface area contributed by atoms with Crippen molar-refractivity contribution in [3.05, 3.63) is 71.3 Å². The molecule has 0 N–H and O–H groups in total. The SMILES string of the molecule is O=C1OC(c2ccc(I)c(Br)c2)=N/C1=C\c1ccc(Cl)cc1Cl. The number of aliphatic imine (C=N–C) groups is 1. The second-order valence-corrected chi connectivity index (χ2v) is 7.49. The number of nitrogens with zero attached hydrogens (tertiary/aromatic N) is 1. The van der Waals surface area contributed by atoms with Crippen molar-refractivity contribution in [1.29, 1.82) is 0 Å². The summed E-state index contributed by atoms with van der Waals surface area (Å²) in [6.07, 6.45) is 1.58. The summed E-state index contributed by atoms with van der Waals surface area (Å²) < 4.78 is 7.21. The first-order chi connectivity index (χ1) is 10.9. The topological polar surface area (TPSA) is 38.7 Å². The Hall–Kier alpha value is -0.890. The molecular formula is C16H7BrCl2INO2. The number of ether oxygens (including phenoxy) is 1. The van der Waals surface area contributed by atoms with Crippen LogP contribution in [0.15, 0.2) is 51.6 Å². The summed E-state index contributed by atoms with van der Waals surface area (Å²) in [6, 6.07) is 10.6. The molecule has 0 atom stereocenters. The van der Waals surface area contributed by atoms with E-state index in [1.807, 2.05) is 18.2 Å². The van der Waals surface area contributed by atoms with Crippen molar-refractivity contribution in [2.24, 2.45) is 4.99 Å². The maximum Gasteiger partial charge on any atom is 0.363 e. The number of carbonyl (C=O) groups excluding carboxylic acids is 1. The summed E-state index contributed by atoms with van der Waals surface area (Å²) in [5.74, 6) is -0.246. The van der Waals surface area contributed by atoms with Gasteiger partial charge in [0.2, 0.25) is 5.90 Å². The van der Waals surface area contributed by atoms with Gasteiger partial charge in [-0.25, -0.2) is 9.79 Å². The highest BCUT2D eigenvalue weighted by atomic mass is 127. The Labute approximate surface area is 164 Å². The molecule has 116 valence electrons. The molecule has 0 aromatic heterocycles. The lowest BCUT2D eigenvalue weighted by Gasteiger charge is -2.01. The number of rotatable bonds is 2. The lowest BCUT2D eigenvalue weighted by molar-refractivity contribution is -0.129. The molecule has 0 saturated carbocycles. The van der Waals surface area contributed by atoms with Crippen molar-refractivity contribution in [3.63, 3.8) is 0 Å². The van der Waals surface area contributed by atoms with Crippen molar-refractivity contribution in [2.75, 3.05) is 0 Å². The van der Waals surface area contributed by atoms with Crippen LogP contribution in [0.1, 0.15) is 11.1 Å². The molecule has 1 aliphatic rings. The zero-order valence-electron chi connectivity index (χ0n) is 11.3. The van der Waals surface area contributed by atoms with E-state index < -0.39 is 5.97 Å². The molecule has 7 heteroatoms. The van der Waals surface area contributed by atoms with Gasteiger partial charge in [0.05, 0.1) is 0 Å². The van der Waals surface area contributed by atoms with E-state index in [0.717, 1.165) is 13.6 Å². The van der Waals surface area contributed by atoms with E-state index in [1.54, 1.807) is 24.3 Å². The van der Waals surface area contributed by atoms with Gasteiger partial charge in [-0.05, 0) is 80.5 Å². The first-order valence-electron chi connectivity index (χ1n) is 6.37. The summed E-state index contributed by atoms with van der Waals surface area (Å²) in [5.41, 5.74) is 1.56. The summed E-state index contributed by atoms with van der Waals surface area (Å²) in [4.78, 5) is 16.3. The quantitative estimate of drug-likeness (QED) is 0.288. The summed E-state index contributed by atoms with van der Waals surface area (Å²) >= 11 is 17.6. The number of hydrogen-bond acceptors (Lipinski definition) is 3. The maximum absolute atomic E-state index is 12.0. The number of esters is 1. The molecule has 0 unspecified atom stereocenters. The third kappa shape index (κ3) is 3.79. The Kier molecular flexibility index (Phi) is 5.10. The van der Waals surface area contributed by atoms with Crippen molar-refractivity contribution < 1.29 is 9.53 Å². The van der Waals surface area contributed by atoms with Crippen LogP contribution < -0.4 is 0 Å². The van der Waals surface area contributed by atoms with Crippen molar-refractivity contribution in [3.8, 4) is 0 Å². The Morgan fingerprint density at radius 3 is 2.65 bits per heavy atom. The highest BCUT2D eigenvalue weighted by Gasteiger charge is 2.24. The highest BCUT2D eigenvalue weighted by molar-refractivity contribution is 14.1. The van der Waals surface area contributed by atoms with Gasteiger partial charge in [0, 0.05) is 23.7 Å². The summed E-state index contributed by atoms with van der Waals surface area (Å²) in [6.45, 7) is 0. The molecule has 3 rings (SSSR count). The Bertz CT molecular complexity index is 880. The Balaban J connectivity index is 1.97. The van der Waals surface area contributed by atoms with Gasteiger partial charge in [-0.2, -0.15) is 0 Å². The molecular weight excluding hydrogens is 516 g/mol. The smallest absolute Gasteiger partial charge is 0.363 e. The van der Waals surface area contributed by atoms with Crippen molar-refractivity contribution >= 4 is 79.7 Å². The van der Waals surface area contributed by atoms with Gasteiger partial charge in [0.25, 0.3) is 0 Å². The van der Waals surface area contributed by atoms with E-state index in [-0.39, 0.29) is 11.6 Å². The normalized spacial score (nSPS) is 15.7. The first-order valence-corrected chi connectivity index (χ1v) is 9.00. The van der Waals surface area contributed by atoms with Crippen LogP contribution in [-0.4, -0.2) is 11.9 Å². The molecule has 0 aliphatic carbocycles. The maximum atomic E-state index is 12.0. The van der Waals surface area contributed by atoms with Gasteiger partial charge < -0.3 is 4.74 Å². The van der Waals surface area contributed by atoms with Crippen LogP contribution in [0.2, 0.25) is 10.0 Å². The lowest BCUT2D eigenvalue weighted by atomic mass is 10.2. The van der Waals surface area contributed by atoms with Crippen LogP contribution in [0.4, 0.5) is 0 Å². The average Bonchev–Trinajstić information content (AvgIpc) is 2.86. The van der Waals surface area contributed by atoms with E-state index in [1.165, 1.54) is 0 Å². The van der Waals surface area contributed by atoms with Gasteiger partial charge in [0.1, 0.15) is 0 Å². The average molecular weight is 523 g/mol. The fraction of sp³-hybridized carbons (Fsp3) is 0. The van der Waals surface area contributed by atoms with Crippen LogP contribution in [0.5, 0.6) is 0 Å². The van der Waals surface area contributed by atoms with Crippen LogP contribution >= 0.6 is 61.7 Å². The molecule has 0 fully saturated rings. The minimum atomic E-state index is -0.513. The van der Waals surface area contributed by atoms with Gasteiger partial charge in [-0.15, -0.1) is 0 Å². The molecule has 3 nitrogen and oxygen atoms in total. The monoisotopic (exact) mass is 521 g/mol. The molecule has 2 aromatic rings. The number of hydrogen-bond donors (Lipinski definition) is 0. The number of halogens is 4. The van der Waals surface area contributed by atoms with Crippen LogP contribution in [0, 0.1) is 3.57 Å². The molecule has 0 radical (unpaired) electrons. The number of benzene rings is 2. The molecule has 0 spiro atoms. The Morgan fingerprint density at radius 2 is 1.96 bits per heavy atom. The summed E-state index contributed by atoms with van der Waals surface area (Å²) in [7, 11) is 0. The molecule has 1 heterocycles. The van der Waals surface area contributed by atoms with Crippen molar-refractivity contribution in [1.82, 2.24) is 0 Å². The van der Waals surface area contributed by atoms with E-state index in [9.17, 15) is 4.79 Å². The second kappa shape index (κ2) is 6.93. The van der Waals surface area contributed by atoms with Crippen LogP contribution in [0.25, 0.3) is 6.08 Å². The zero-order chi connectivity index (χ0) is 16.6. The standard InChI is InChI=1S/C16H7BrCl2INO2/c17-11-5-9(2-4-13(11)20)15-21-14(16(22)23-15)6-8-1-3-10(18)7-12(8)19/h1-7H/b14-6-. The molecule has 2 aromatic carbocycles. The van der Waals surface area contributed by atoms with Gasteiger partial charge in [-0.3, -0.25) is 0 Å². The van der Waals surface area contributed by atoms with E-state index in [0.29, 0.717) is 15.6 Å². The lowest BCUT2D eigenvalue weighted by Crippen LogP contribution is -2.05. The third-order valence-corrected chi connectivity index (χ3v) is 5.94. The van der Waals surface area contributed by atoms with Gasteiger partial charge in [-0.1, -0.05) is 29.3 Å². The van der Waals surface area contributed by atoms with E-state index in [4.69, 9.17) is 27.9 Å². The molecule has 23 heavy (non-hydrogen) atoms. The Morgan fingerprint density at radius 1 is 1.17 bits per heavy atom. The number of carbonyl (C=O) groups is 1. The molecule has 0 amide bonds. The third-order valence-electron chi connectivity index (χ3n) is 3.04. The fourth-order valence-corrected chi connectivity index (χ4v) is 3.10. The van der Waals surface area contributed by atoms with Crippen molar-refractivity contribution in [2.45, 2.75) is 0 Å². The van der Waals surface area contributed by atoms with Crippen LogP contribution in [-0.2, 0) is 9.53 Å².